The first-order valence-electron chi connectivity index (χ1n) is 26.3. The molecule has 0 spiro atoms. The fraction of sp³-hybridized carbons (Fsp3) is 0.518. The molecule has 0 radical (unpaired) electrons. The number of amides is 3. The van der Waals surface area contributed by atoms with Gasteiger partial charge in [0, 0.05) is 67.5 Å². The minimum atomic E-state index is -0.869. The van der Waals surface area contributed by atoms with Gasteiger partial charge >= 0.3 is 0 Å². The number of piperidine rings is 1. The molecule has 7 heterocycles. The molecule has 5 aromatic rings. The van der Waals surface area contributed by atoms with E-state index < -0.39 is 23.6 Å². The number of aromatic hydroxyl groups is 1. The number of rotatable bonds is 12. The van der Waals surface area contributed by atoms with Gasteiger partial charge in [0.25, 0.3) is 0 Å². The molecule has 2 unspecified atom stereocenters. The van der Waals surface area contributed by atoms with Crippen LogP contribution in [0.25, 0.3) is 21.8 Å². The Balaban J connectivity index is 0.691. The molecule has 2 bridgehead atoms. The van der Waals surface area contributed by atoms with E-state index in [0.29, 0.717) is 41.1 Å². The number of fused-ring (bicyclic) bond motifs is 2. The number of hydrogen-bond donors (Lipinski definition) is 5. The Morgan fingerprint density at radius 1 is 0.808 bits per heavy atom. The van der Waals surface area contributed by atoms with Crippen molar-refractivity contribution in [3.63, 3.8) is 0 Å². The van der Waals surface area contributed by atoms with E-state index in [-0.39, 0.29) is 48.4 Å². The molecule has 4 aliphatic heterocycles. The lowest BCUT2D eigenvalue weighted by atomic mass is 9.81. The largest absolute Gasteiger partial charge is 0.507 e. The SMILES string of the molecule is Cc1ncsc1-c1ccc([C@H](C)NC(=O)[C@@H]2C[C@@H](O)CN2C(=O)[C@@H](NC(=O)[C@H]2CC[C@@H](N3CCC(c4ccc(N5C6CCC5CN(c5cc(-c7ccccc7O)nnc5N)C6)cc4)CC3)CC2)C(C)(C)C)cn1. The average molecular weight is 1010 g/mol. The second-order valence-corrected chi connectivity index (χ2v) is 23.2. The van der Waals surface area contributed by atoms with E-state index in [0.717, 1.165) is 105 Å². The van der Waals surface area contributed by atoms with E-state index in [2.05, 4.69) is 69.8 Å². The molecule has 3 amide bonds. The van der Waals surface area contributed by atoms with Gasteiger partial charge in [-0.05, 0) is 137 Å². The number of nitrogens with zero attached hydrogens (tertiary/aromatic N) is 8. The first-order valence-corrected chi connectivity index (χ1v) is 27.2. The van der Waals surface area contributed by atoms with E-state index in [1.807, 2.05) is 65.0 Å². The van der Waals surface area contributed by atoms with Gasteiger partial charge in [-0.15, -0.1) is 21.5 Å². The summed E-state index contributed by atoms with van der Waals surface area (Å²) >= 11 is 1.53. The summed E-state index contributed by atoms with van der Waals surface area (Å²) in [5.74, 6) is 0.0827. The van der Waals surface area contributed by atoms with Crippen LogP contribution in [0, 0.1) is 18.3 Å². The van der Waals surface area contributed by atoms with Crippen LogP contribution in [-0.2, 0) is 14.4 Å². The number of hydrogen-bond acceptors (Lipinski definition) is 14. The van der Waals surface area contributed by atoms with E-state index in [9.17, 15) is 24.6 Å². The number of aliphatic hydroxyl groups is 1. The number of nitrogen functional groups attached to an aromatic ring is 1. The third-order valence-electron chi connectivity index (χ3n) is 16.5. The first-order chi connectivity index (χ1) is 35.1. The lowest BCUT2D eigenvalue weighted by Gasteiger charge is -2.44. The highest BCUT2D eigenvalue weighted by Gasteiger charge is 2.46. The lowest BCUT2D eigenvalue weighted by molar-refractivity contribution is -0.145. The summed E-state index contributed by atoms with van der Waals surface area (Å²) in [7, 11) is 0. The van der Waals surface area contributed by atoms with E-state index in [1.54, 1.807) is 23.8 Å². The smallest absolute Gasteiger partial charge is 0.246 e. The Labute approximate surface area is 432 Å². The van der Waals surface area contributed by atoms with Crippen molar-refractivity contribution in [2.45, 2.75) is 141 Å². The van der Waals surface area contributed by atoms with Crippen LogP contribution in [0.15, 0.2) is 78.4 Å². The maximum atomic E-state index is 14.4. The molecular weight excluding hydrogens is 939 g/mol. The van der Waals surface area contributed by atoms with Crippen molar-refractivity contribution in [1.82, 2.24) is 40.6 Å². The Kier molecular flexibility index (Phi) is 14.5. The maximum absolute atomic E-state index is 14.4. The van der Waals surface area contributed by atoms with Crippen molar-refractivity contribution in [3.8, 4) is 27.6 Å². The molecule has 5 aliphatic rings. The fourth-order valence-electron chi connectivity index (χ4n) is 12.3. The summed E-state index contributed by atoms with van der Waals surface area (Å²) in [5.41, 5.74) is 14.9. The van der Waals surface area contributed by atoms with E-state index in [4.69, 9.17) is 5.73 Å². The van der Waals surface area contributed by atoms with Crippen molar-refractivity contribution in [2.24, 2.45) is 11.3 Å². The Morgan fingerprint density at radius 2 is 1.51 bits per heavy atom. The number of aryl methyl sites for hydroxylation is 1. The number of phenols is 1. The molecule has 2 aromatic carbocycles. The zero-order valence-corrected chi connectivity index (χ0v) is 43.6. The Hall–Kier alpha value is -6.17. The highest BCUT2D eigenvalue weighted by molar-refractivity contribution is 7.13. The van der Waals surface area contributed by atoms with E-state index >= 15 is 0 Å². The highest BCUT2D eigenvalue weighted by Crippen LogP contribution is 2.41. The standard InChI is InChI=1S/C56H71N11O5S/c1-33(38-14-21-45(58-28-38)50-34(2)59-32-73-50)60-54(71)48-26-43(68)31-66(48)55(72)51(56(3,4)5)61-53(70)37-12-15-39(16-13-37)64-24-22-36(23-25-64)35-10-17-40(18-11-35)67-41-19-20-42(67)30-65(29-41)47-27-46(62-63-52(47)57)44-8-6-7-9-49(44)69/h6-11,14,17-18,21,27-28,32-33,36-37,39,41-43,48,51,68-69H,12-13,15-16,19-20,22-26,29-31H2,1-5H3,(H2,57,63)(H,60,71)(H,61,70)/t33-,37-,39+,41?,42?,43+,48-,51+/m0/s1. The molecular formula is C56H71N11O5S. The summed E-state index contributed by atoms with van der Waals surface area (Å²) in [6.07, 6.45) is 8.85. The summed E-state index contributed by atoms with van der Waals surface area (Å²) in [5, 5.41) is 36.0. The zero-order valence-electron chi connectivity index (χ0n) is 42.8. The number of carbonyl (C=O) groups is 3. The maximum Gasteiger partial charge on any atom is 0.246 e. The molecule has 4 saturated heterocycles. The number of nitrogens with two attached hydrogens (primary N) is 1. The molecule has 16 nitrogen and oxygen atoms in total. The van der Waals surface area contributed by atoms with Crippen molar-refractivity contribution < 1.29 is 24.6 Å². The summed E-state index contributed by atoms with van der Waals surface area (Å²) < 4.78 is 0. The average Bonchev–Trinajstić information content (AvgIpc) is 4.09. The number of piperazine rings is 1. The van der Waals surface area contributed by atoms with Crippen molar-refractivity contribution in [3.05, 3.63) is 95.3 Å². The van der Waals surface area contributed by atoms with Gasteiger partial charge in [0.15, 0.2) is 5.82 Å². The molecule has 1 aliphatic carbocycles. The van der Waals surface area contributed by atoms with Crippen LogP contribution in [0.5, 0.6) is 5.75 Å². The second-order valence-electron chi connectivity index (χ2n) is 22.3. The predicted molar refractivity (Wildman–Crippen MR) is 285 cm³/mol. The molecule has 3 aromatic heterocycles. The number of β-amino-alcohol motifs (C(OH)–C–C–N with tert-alkyl or cyclic N) is 1. The summed E-state index contributed by atoms with van der Waals surface area (Å²) in [6.45, 7) is 13.4. The molecule has 73 heavy (non-hydrogen) atoms. The number of likely N-dealkylation sites (tertiary alicyclic amines) is 2. The number of aromatic nitrogens is 4. The molecule has 1 saturated carbocycles. The van der Waals surface area contributed by atoms with Gasteiger partial charge in [0.05, 0.1) is 45.3 Å². The van der Waals surface area contributed by atoms with Gasteiger partial charge in [-0.3, -0.25) is 19.4 Å². The molecule has 10 rings (SSSR count). The Morgan fingerprint density at radius 3 is 2.15 bits per heavy atom. The van der Waals surface area contributed by atoms with Gasteiger partial charge in [-0.2, -0.15) is 0 Å². The molecule has 5 fully saturated rings. The fourth-order valence-corrected chi connectivity index (χ4v) is 13.1. The topological polar surface area (TPSA) is 206 Å². The van der Waals surface area contributed by atoms with Crippen LogP contribution < -0.4 is 26.2 Å². The number of thiazole rings is 1. The highest BCUT2D eigenvalue weighted by atomic mass is 32.1. The molecule has 17 heteroatoms. The van der Waals surface area contributed by atoms with Crippen LogP contribution >= 0.6 is 11.3 Å². The Bertz CT molecular complexity index is 2750. The number of nitrogens with one attached hydrogen (secondary N) is 2. The molecule has 386 valence electrons. The zero-order chi connectivity index (χ0) is 51.1. The van der Waals surface area contributed by atoms with Crippen LogP contribution in [0.4, 0.5) is 17.2 Å². The van der Waals surface area contributed by atoms with E-state index in [1.165, 1.54) is 27.5 Å². The van der Waals surface area contributed by atoms with Gasteiger partial charge in [-0.25, -0.2) is 4.98 Å². The van der Waals surface area contributed by atoms with Gasteiger partial charge in [-0.1, -0.05) is 51.1 Å². The number of phenolic OH excluding ortho intramolecular Hbond substituents is 1. The minimum absolute atomic E-state index is 0.0262. The monoisotopic (exact) mass is 1010 g/mol. The number of benzene rings is 2. The summed E-state index contributed by atoms with van der Waals surface area (Å²) in [6, 6.07) is 21.4. The van der Waals surface area contributed by atoms with Gasteiger partial charge in [0.2, 0.25) is 17.7 Å². The molecule has 6 atom stereocenters. The number of carbonyl (C=O) groups excluding carboxylic acids is 3. The van der Waals surface area contributed by atoms with Crippen molar-refractivity contribution in [1.29, 1.82) is 0 Å². The third-order valence-corrected chi connectivity index (χ3v) is 17.4. The number of para-hydroxylation sites is 1. The minimum Gasteiger partial charge on any atom is -0.507 e. The van der Waals surface area contributed by atoms with Crippen LogP contribution in [0.2, 0.25) is 0 Å². The first kappa shape index (κ1) is 50.4. The number of pyridine rings is 1. The quantitative estimate of drug-likeness (QED) is 0.0838. The van der Waals surface area contributed by atoms with Gasteiger partial charge in [0.1, 0.15) is 17.8 Å². The van der Waals surface area contributed by atoms with Crippen LogP contribution in [0.3, 0.4) is 0 Å². The third kappa shape index (κ3) is 10.6. The van der Waals surface area contributed by atoms with Crippen LogP contribution in [0.1, 0.15) is 114 Å². The summed E-state index contributed by atoms with van der Waals surface area (Å²) in [4.78, 5) is 61.2. The molecule has 6 N–H and O–H groups in total. The number of aliphatic hydroxyl groups excluding tert-OH is 1. The van der Waals surface area contributed by atoms with Gasteiger partial charge < -0.3 is 46.2 Å². The van der Waals surface area contributed by atoms with Crippen molar-refractivity contribution in [2.75, 3.05) is 48.3 Å². The normalized spacial score (nSPS) is 24.6. The van der Waals surface area contributed by atoms with Crippen LogP contribution in [-0.4, -0.2) is 127 Å². The predicted octanol–water partition coefficient (Wildman–Crippen LogP) is 7.22. The second kappa shape index (κ2) is 21.0. The van der Waals surface area contributed by atoms with Crippen molar-refractivity contribution >= 4 is 46.3 Å². The number of anilines is 3. The lowest BCUT2D eigenvalue weighted by Crippen LogP contribution is -2.58.